The van der Waals surface area contributed by atoms with Crippen molar-refractivity contribution in [2.45, 2.75) is 25.9 Å². The highest BCUT2D eigenvalue weighted by atomic mass is 16.5. The van der Waals surface area contributed by atoms with Crippen LogP contribution in [0.4, 0.5) is 0 Å². The quantitative estimate of drug-likeness (QED) is 0.298. The second kappa shape index (κ2) is 13.0. The molecule has 7 heteroatoms. The fraction of sp³-hybridized carbons (Fsp3) is 0.846. The Morgan fingerprint density at radius 3 is 2.55 bits per heavy atom. The molecule has 0 saturated heterocycles. The van der Waals surface area contributed by atoms with Crippen LogP contribution in [0.1, 0.15) is 19.8 Å². The Morgan fingerprint density at radius 1 is 1.30 bits per heavy atom. The minimum Gasteiger partial charge on any atom is -0.385 e. The second-order valence-corrected chi connectivity index (χ2v) is 4.51. The first-order valence-electron chi connectivity index (χ1n) is 6.87. The van der Waals surface area contributed by atoms with Crippen LogP contribution in [0.2, 0.25) is 0 Å². The topological polar surface area (TPSA) is 111 Å². The van der Waals surface area contributed by atoms with Crippen molar-refractivity contribution in [2.24, 2.45) is 11.7 Å². The Balaban J connectivity index is 3.39. The fourth-order valence-electron chi connectivity index (χ4n) is 1.42. The van der Waals surface area contributed by atoms with Gasteiger partial charge in [0, 0.05) is 19.5 Å². The van der Waals surface area contributed by atoms with Crippen molar-refractivity contribution in [3.63, 3.8) is 0 Å². The van der Waals surface area contributed by atoms with Crippen LogP contribution in [0, 0.1) is 5.92 Å². The molecule has 0 aromatic rings. The van der Waals surface area contributed by atoms with E-state index < -0.39 is 6.10 Å². The SMILES string of the molecule is CC(CCC(=O)NCCOCCOCCN)C(O)C=O. The van der Waals surface area contributed by atoms with Crippen LogP contribution < -0.4 is 11.1 Å². The van der Waals surface area contributed by atoms with Crippen LogP contribution >= 0.6 is 0 Å². The smallest absolute Gasteiger partial charge is 0.220 e. The van der Waals surface area contributed by atoms with Gasteiger partial charge >= 0.3 is 0 Å². The number of rotatable bonds is 13. The summed E-state index contributed by atoms with van der Waals surface area (Å²) in [6.07, 6.45) is 0.244. The molecule has 0 aliphatic heterocycles. The molecule has 0 saturated carbocycles. The number of aldehydes is 1. The Hall–Kier alpha value is -1.02. The van der Waals surface area contributed by atoms with Crippen molar-refractivity contribution < 1.29 is 24.2 Å². The normalized spacial score (nSPS) is 13.8. The van der Waals surface area contributed by atoms with Crippen molar-refractivity contribution in [1.29, 1.82) is 0 Å². The third-order valence-electron chi connectivity index (χ3n) is 2.75. The number of amides is 1. The van der Waals surface area contributed by atoms with E-state index in [9.17, 15) is 14.7 Å². The zero-order valence-electron chi connectivity index (χ0n) is 12.0. The maximum atomic E-state index is 11.5. The summed E-state index contributed by atoms with van der Waals surface area (Å²) in [7, 11) is 0. The van der Waals surface area contributed by atoms with Crippen LogP contribution in [0.25, 0.3) is 0 Å². The zero-order valence-corrected chi connectivity index (χ0v) is 12.0. The van der Waals surface area contributed by atoms with E-state index in [1.165, 1.54) is 0 Å². The molecule has 0 spiro atoms. The van der Waals surface area contributed by atoms with Gasteiger partial charge in [-0.05, 0) is 12.3 Å². The molecule has 0 heterocycles. The summed E-state index contributed by atoms with van der Waals surface area (Å²) >= 11 is 0. The number of hydrogen-bond acceptors (Lipinski definition) is 6. The van der Waals surface area contributed by atoms with E-state index in [0.717, 1.165) is 0 Å². The molecule has 7 nitrogen and oxygen atoms in total. The molecule has 2 atom stereocenters. The first-order chi connectivity index (χ1) is 9.61. The third kappa shape index (κ3) is 10.9. The van der Waals surface area contributed by atoms with Crippen molar-refractivity contribution >= 4 is 12.2 Å². The average Bonchev–Trinajstić information content (AvgIpc) is 2.46. The van der Waals surface area contributed by atoms with E-state index in [1.54, 1.807) is 6.92 Å². The number of aliphatic hydroxyl groups excluding tert-OH is 1. The second-order valence-electron chi connectivity index (χ2n) is 4.51. The molecular formula is C13H26N2O5. The largest absolute Gasteiger partial charge is 0.385 e. The van der Waals surface area contributed by atoms with Gasteiger partial charge in [-0.15, -0.1) is 0 Å². The van der Waals surface area contributed by atoms with Gasteiger partial charge in [0.05, 0.1) is 26.4 Å². The summed E-state index contributed by atoms with van der Waals surface area (Å²) < 4.78 is 10.4. The van der Waals surface area contributed by atoms with E-state index in [4.69, 9.17) is 15.2 Å². The molecule has 0 aromatic heterocycles. The monoisotopic (exact) mass is 290 g/mol. The van der Waals surface area contributed by atoms with Crippen LogP contribution in [0.5, 0.6) is 0 Å². The lowest BCUT2D eigenvalue weighted by Gasteiger charge is -2.13. The Morgan fingerprint density at radius 2 is 1.95 bits per heavy atom. The average molecular weight is 290 g/mol. The highest BCUT2D eigenvalue weighted by molar-refractivity contribution is 5.75. The van der Waals surface area contributed by atoms with Gasteiger partial charge in [-0.3, -0.25) is 4.79 Å². The number of ether oxygens (including phenoxy) is 2. The predicted molar refractivity (Wildman–Crippen MR) is 74.2 cm³/mol. The molecular weight excluding hydrogens is 264 g/mol. The van der Waals surface area contributed by atoms with Gasteiger partial charge in [0.15, 0.2) is 0 Å². The van der Waals surface area contributed by atoms with Gasteiger partial charge in [0.25, 0.3) is 0 Å². The number of nitrogens with two attached hydrogens (primary N) is 1. The molecule has 0 radical (unpaired) electrons. The molecule has 1 amide bonds. The molecule has 4 N–H and O–H groups in total. The van der Waals surface area contributed by atoms with Crippen molar-refractivity contribution in [2.75, 3.05) is 39.5 Å². The van der Waals surface area contributed by atoms with Crippen LogP contribution in [0.3, 0.4) is 0 Å². The van der Waals surface area contributed by atoms with Gasteiger partial charge in [-0.2, -0.15) is 0 Å². The van der Waals surface area contributed by atoms with Gasteiger partial charge in [-0.25, -0.2) is 0 Å². The number of nitrogens with one attached hydrogen (secondary N) is 1. The Labute approximate surface area is 119 Å². The van der Waals surface area contributed by atoms with E-state index in [2.05, 4.69) is 5.32 Å². The van der Waals surface area contributed by atoms with Gasteiger partial charge < -0.3 is 30.4 Å². The summed E-state index contributed by atoms with van der Waals surface area (Å²) in [6, 6.07) is 0. The molecule has 0 bridgehead atoms. The molecule has 0 aliphatic rings. The van der Waals surface area contributed by atoms with Gasteiger partial charge in [-0.1, -0.05) is 6.92 Å². The number of carbonyl (C=O) groups is 2. The molecule has 2 unspecified atom stereocenters. The summed E-state index contributed by atoms with van der Waals surface area (Å²) in [5.74, 6) is -0.327. The predicted octanol–water partition coefficient (Wildman–Crippen LogP) is -0.929. The van der Waals surface area contributed by atoms with Crippen molar-refractivity contribution in [1.82, 2.24) is 5.32 Å². The minimum absolute atomic E-state index is 0.113. The highest BCUT2D eigenvalue weighted by Gasteiger charge is 2.14. The first kappa shape index (κ1) is 19.0. The van der Waals surface area contributed by atoms with Crippen LogP contribution in [-0.4, -0.2) is 62.9 Å². The van der Waals surface area contributed by atoms with Crippen LogP contribution in [0.15, 0.2) is 0 Å². The minimum atomic E-state index is -1.00. The summed E-state index contributed by atoms with van der Waals surface area (Å²) in [4.78, 5) is 21.8. The zero-order chi connectivity index (χ0) is 15.2. The van der Waals surface area contributed by atoms with E-state index in [0.29, 0.717) is 52.2 Å². The summed E-state index contributed by atoms with van der Waals surface area (Å²) in [6.45, 7) is 4.56. The molecule has 0 rings (SSSR count). The molecule has 118 valence electrons. The van der Waals surface area contributed by atoms with E-state index in [-0.39, 0.29) is 18.2 Å². The molecule has 0 aromatic carbocycles. The standard InChI is InChI=1S/C13H26N2O5/c1-11(12(17)10-16)2-3-13(18)15-5-7-20-9-8-19-6-4-14/h10-12,17H,2-9,14H2,1H3,(H,15,18). The third-order valence-corrected chi connectivity index (χ3v) is 2.75. The summed E-state index contributed by atoms with van der Waals surface area (Å²) in [5.41, 5.74) is 5.25. The molecule has 0 fully saturated rings. The van der Waals surface area contributed by atoms with Gasteiger partial charge in [0.1, 0.15) is 12.4 Å². The Kier molecular flexibility index (Phi) is 12.3. The van der Waals surface area contributed by atoms with E-state index in [1.807, 2.05) is 0 Å². The first-order valence-corrected chi connectivity index (χ1v) is 6.87. The lowest BCUT2D eigenvalue weighted by Crippen LogP contribution is -2.29. The number of carbonyl (C=O) groups excluding carboxylic acids is 2. The number of aliphatic hydroxyl groups is 1. The lowest BCUT2D eigenvalue weighted by atomic mass is 10.00. The van der Waals surface area contributed by atoms with Crippen molar-refractivity contribution in [3.8, 4) is 0 Å². The maximum Gasteiger partial charge on any atom is 0.220 e. The van der Waals surface area contributed by atoms with E-state index >= 15 is 0 Å². The molecule has 0 aliphatic carbocycles. The maximum absolute atomic E-state index is 11.5. The molecule has 20 heavy (non-hydrogen) atoms. The Bertz CT molecular complexity index is 263. The van der Waals surface area contributed by atoms with Crippen LogP contribution in [-0.2, 0) is 19.1 Å². The van der Waals surface area contributed by atoms with Gasteiger partial charge in [0.2, 0.25) is 5.91 Å². The highest BCUT2D eigenvalue weighted by Crippen LogP contribution is 2.08. The lowest BCUT2D eigenvalue weighted by molar-refractivity contribution is -0.123. The fourth-order valence-corrected chi connectivity index (χ4v) is 1.42. The number of hydrogen-bond donors (Lipinski definition) is 3. The summed E-state index contributed by atoms with van der Waals surface area (Å²) in [5, 5.41) is 11.9. The van der Waals surface area contributed by atoms with Crippen molar-refractivity contribution in [3.05, 3.63) is 0 Å².